The molecule has 0 aliphatic heterocycles. The topological polar surface area (TPSA) is 263 Å². The van der Waals surface area contributed by atoms with Gasteiger partial charge >= 0.3 is 5.97 Å². The van der Waals surface area contributed by atoms with Crippen molar-refractivity contribution in [3.63, 3.8) is 0 Å². The SMILES string of the molecule is NC(=O)C[C@H](NC(=O)[C@@H](N)Cc1cnc[nH]1)C(=O)N[C@@H](CO)C(=O)N[C@@H](CO)C(=O)O. The molecule has 11 N–H and O–H groups in total. The lowest BCUT2D eigenvalue weighted by molar-refractivity contribution is -0.143. The quantitative estimate of drug-likeness (QED) is 0.140. The van der Waals surface area contributed by atoms with E-state index in [1.807, 2.05) is 5.32 Å². The van der Waals surface area contributed by atoms with E-state index in [-0.39, 0.29) is 6.42 Å². The molecule has 1 heterocycles. The number of amides is 4. The largest absolute Gasteiger partial charge is 0.480 e. The highest BCUT2D eigenvalue weighted by molar-refractivity contribution is 5.96. The van der Waals surface area contributed by atoms with E-state index in [1.54, 1.807) is 0 Å². The average molecular weight is 443 g/mol. The van der Waals surface area contributed by atoms with Gasteiger partial charge in [0.05, 0.1) is 32.0 Å². The number of nitrogens with two attached hydrogens (primary N) is 2. The molecular formula is C16H25N7O8. The van der Waals surface area contributed by atoms with Crippen LogP contribution in [-0.2, 0) is 30.4 Å². The van der Waals surface area contributed by atoms with Crippen LogP contribution >= 0.6 is 0 Å². The summed E-state index contributed by atoms with van der Waals surface area (Å²) in [5.41, 5.74) is 11.4. The Labute approximate surface area is 175 Å². The van der Waals surface area contributed by atoms with Crippen LogP contribution in [0.5, 0.6) is 0 Å². The van der Waals surface area contributed by atoms with E-state index >= 15 is 0 Å². The number of hydrogen-bond donors (Lipinski definition) is 9. The molecule has 0 unspecified atom stereocenters. The van der Waals surface area contributed by atoms with E-state index < -0.39 is 73.4 Å². The number of aliphatic hydroxyl groups excluding tert-OH is 2. The van der Waals surface area contributed by atoms with Crippen molar-refractivity contribution in [1.29, 1.82) is 0 Å². The molecule has 0 saturated carbocycles. The minimum atomic E-state index is -1.67. The van der Waals surface area contributed by atoms with Gasteiger partial charge in [-0.3, -0.25) is 19.2 Å². The lowest BCUT2D eigenvalue weighted by atomic mass is 10.1. The molecule has 4 amide bonds. The minimum Gasteiger partial charge on any atom is -0.480 e. The highest BCUT2D eigenvalue weighted by Crippen LogP contribution is 2.00. The standard InChI is InChI=1S/C16H25N7O8/c17-8(1-7-3-19-6-20-7)13(27)21-9(2-12(18)26)14(28)22-10(4-24)15(29)23-11(5-25)16(30)31/h3,6,8-11,24-25H,1-2,4-5,17H2,(H2,18,26)(H,19,20)(H,21,27)(H,22,28)(H,23,29)(H,30,31)/t8-,9-,10-,11-/m0/s1. The van der Waals surface area contributed by atoms with E-state index in [2.05, 4.69) is 20.6 Å². The number of aromatic amines is 1. The molecule has 0 bridgehead atoms. The number of carboxylic acid groups (broad SMARTS) is 1. The third kappa shape index (κ3) is 8.37. The minimum absolute atomic E-state index is 0.0517. The molecule has 0 saturated heterocycles. The number of hydrogen-bond acceptors (Lipinski definition) is 9. The summed E-state index contributed by atoms with van der Waals surface area (Å²) in [6, 6.07) is -5.93. The molecule has 15 nitrogen and oxygen atoms in total. The van der Waals surface area contributed by atoms with Gasteiger partial charge in [-0.2, -0.15) is 0 Å². The van der Waals surface area contributed by atoms with Crippen molar-refractivity contribution >= 4 is 29.6 Å². The van der Waals surface area contributed by atoms with Crippen LogP contribution in [0.1, 0.15) is 12.1 Å². The maximum atomic E-state index is 12.5. The first-order valence-electron chi connectivity index (χ1n) is 8.95. The highest BCUT2D eigenvalue weighted by atomic mass is 16.4. The van der Waals surface area contributed by atoms with Gasteiger partial charge in [0.15, 0.2) is 0 Å². The van der Waals surface area contributed by atoms with Gasteiger partial charge in [0, 0.05) is 18.3 Å². The number of rotatable bonds is 13. The molecular weight excluding hydrogens is 418 g/mol. The van der Waals surface area contributed by atoms with Crippen molar-refractivity contribution in [1.82, 2.24) is 25.9 Å². The lowest BCUT2D eigenvalue weighted by Crippen LogP contribution is -2.59. The number of carboxylic acids is 1. The van der Waals surface area contributed by atoms with E-state index in [9.17, 15) is 29.1 Å². The molecule has 0 spiro atoms. The summed E-state index contributed by atoms with van der Waals surface area (Å²) < 4.78 is 0. The fourth-order valence-electron chi connectivity index (χ4n) is 2.34. The zero-order chi connectivity index (χ0) is 23.6. The maximum Gasteiger partial charge on any atom is 0.328 e. The predicted octanol–water partition coefficient (Wildman–Crippen LogP) is -5.32. The first-order valence-corrected chi connectivity index (χ1v) is 8.95. The number of nitrogens with zero attached hydrogens (tertiary/aromatic N) is 1. The van der Waals surface area contributed by atoms with Crippen molar-refractivity contribution in [3.05, 3.63) is 18.2 Å². The second-order valence-electron chi connectivity index (χ2n) is 6.44. The zero-order valence-corrected chi connectivity index (χ0v) is 16.3. The van der Waals surface area contributed by atoms with E-state index in [1.165, 1.54) is 12.5 Å². The van der Waals surface area contributed by atoms with Gasteiger partial charge in [-0.05, 0) is 0 Å². The molecule has 1 rings (SSSR count). The third-order valence-electron chi connectivity index (χ3n) is 3.98. The summed E-state index contributed by atoms with van der Waals surface area (Å²) in [5.74, 6) is -5.45. The van der Waals surface area contributed by atoms with Crippen molar-refractivity contribution < 1.29 is 39.3 Å². The van der Waals surface area contributed by atoms with E-state index in [4.69, 9.17) is 21.7 Å². The Morgan fingerprint density at radius 1 is 0.968 bits per heavy atom. The van der Waals surface area contributed by atoms with Gasteiger partial charge in [-0.1, -0.05) is 0 Å². The molecule has 15 heteroatoms. The fraction of sp³-hybridized carbons (Fsp3) is 0.500. The van der Waals surface area contributed by atoms with Crippen LogP contribution in [0.3, 0.4) is 0 Å². The number of imidazole rings is 1. The number of aromatic nitrogens is 2. The van der Waals surface area contributed by atoms with Crippen molar-refractivity contribution in [2.75, 3.05) is 13.2 Å². The Kier molecular flexibility index (Phi) is 10.0. The number of primary amides is 1. The summed E-state index contributed by atoms with van der Waals surface area (Å²) >= 11 is 0. The number of carbonyl (C=O) groups excluding carboxylic acids is 4. The van der Waals surface area contributed by atoms with Crippen LogP contribution in [0.4, 0.5) is 0 Å². The predicted molar refractivity (Wildman–Crippen MR) is 102 cm³/mol. The Morgan fingerprint density at radius 2 is 1.52 bits per heavy atom. The zero-order valence-electron chi connectivity index (χ0n) is 16.3. The van der Waals surface area contributed by atoms with Gasteiger partial charge in [-0.15, -0.1) is 0 Å². The van der Waals surface area contributed by atoms with Gasteiger partial charge in [-0.25, -0.2) is 9.78 Å². The van der Waals surface area contributed by atoms with Crippen molar-refractivity contribution in [3.8, 4) is 0 Å². The van der Waals surface area contributed by atoms with Gasteiger partial charge in [0.2, 0.25) is 23.6 Å². The normalized spacial score (nSPS) is 14.5. The molecule has 0 aliphatic rings. The highest BCUT2D eigenvalue weighted by Gasteiger charge is 2.30. The third-order valence-corrected chi connectivity index (χ3v) is 3.98. The summed E-state index contributed by atoms with van der Waals surface area (Å²) in [6.45, 7) is -1.87. The van der Waals surface area contributed by atoms with Crippen molar-refractivity contribution in [2.45, 2.75) is 37.0 Å². The number of aliphatic carboxylic acids is 1. The maximum absolute atomic E-state index is 12.5. The Morgan fingerprint density at radius 3 is 2.00 bits per heavy atom. The van der Waals surface area contributed by atoms with Gasteiger partial charge in [0.25, 0.3) is 0 Å². The van der Waals surface area contributed by atoms with Crippen LogP contribution < -0.4 is 27.4 Å². The van der Waals surface area contributed by atoms with Crippen LogP contribution in [0, 0.1) is 0 Å². The fourth-order valence-corrected chi connectivity index (χ4v) is 2.34. The second-order valence-corrected chi connectivity index (χ2v) is 6.44. The average Bonchev–Trinajstić information content (AvgIpc) is 3.21. The van der Waals surface area contributed by atoms with Crippen LogP contribution in [0.25, 0.3) is 0 Å². The summed E-state index contributed by atoms with van der Waals surface area (Å²) in [4.78, 5) is 65.5. The van der Waals surface area contributed by atoms with Crippen LogP contribution in [0.2, 0.25) is 0 Å². The molecule has 0 aromatic carbocycles. The van der Waals surface area contributed by atoms with Crippen LogP contribution in [0.15, 0.2) is 12.5 Å². The summed E-state index contributed by atoms with van der Waals surface area (Å²) in [5, 5.41) is 33.4. The van der Waals surface area contributed by atoms with E-state index in [0.29, 0.717) is 5.69 Å². The molecule has 1 aromatic rings. The molecule has 0 aliphatic carbocycles. The smallest absolute Gasteiger partial charge is 0.328 e. The number of nitrogens with one attached hydrogen (secondary N) is 4. The molecule has 1 aromatic heterocycles. The van der Waals surface area contributed by atoms with Crippen LogP contribution in [-0.4, -0.2) is 92.3 Å². The number of carbonyl (C=O) groups is 5. The van der Waals surface area contributed by atoms with Crippen molar-refractivity contribution in [2.24, 2.45) is 11.5 Å². The second kappa shape index (κ2) is 12.2. The van der Waals surface area contributed by atoms with Gasteiger partial charge in [0.1, 0.15) is 18.1 Å². The number of H-pyrrole nitrogens is 1. The Hall–Kier alpha value is -3.56. The Bertz CT molecular complexity index is 785. The molecule has 4 atom stereocenters. The molecule has 31 heavy (non-hydrogen) atoms. The molecule has 0 fully saturated rings. The first-order chi connectivity index (χ1) is 14.6. The summed E-state index contributed by atoms with van der Waals surface area (Å²) in [7, 11) is 0. The van der Waals surface area contributed by atoms with Gasteiger partial charge < -0.3 is 47.7 Å². The lowest BCUT2D eigenvalue weighted by Gasteiger charge is -2.23. The Balaban J connectivity index is 2.80. The number of aliphatic hydroxyl groups is 2. The summed E-state index contributed by atoms with van der Waals surface area (Å²) in [6.07, 6.45) is 2.25. The first kappa shape index (κ1) is 25.5. The monoisotopic (exact) mass is 443 g/mol. The molecule has 172 valence electrons. The molecule has 0 radical (unpaired) electrons. The van der Waals surface area contributed by atoms with E-state index in [0.717, 1.165) is 0 Å².